The number of phenols is 1. The highest BCUT2D eigenvalue weighted by atomic mass is 32.2. The van der Waals surface area contributed by atoms with Gasteiger partial charge in [-0.25, -0.2) is 0 Å². The van der Waals surface area contributed by atoms with Gasteiger partial charge in [-0.3, -0.25) is 24.5 Å². The molecule has 13 nitrogen and oxygen atoms in total. The van der Waals surface area contributed by atoms with E-state index in [0.29, 0.717) is 30.8 Å². The van der Waals surface area contributed by atoms with Crippen molar-refractivity contribution in [2.75, 3.05) is 26.5 Å². The predicted octanol–water partition coefficient (Wildman–Crippen LogP) is 4.95. The molecule has 0 saturated heterocycles. The molecule has 4 rings (SSSR count). The maximum absolute atomic E-state index is 12.9. The number of esters is 2. The molecule has 0 aliphatic carbocycles. The number of aromatic nitrogens is 2. The van der Waals surface area contributed by atoms with Crippen molar-refractivity contribution in [3.05, 3.63) is 69.8 Å². The number of hydrogen-bond donors (Lipinski definition) is 2. The van der Waals surface area contributed by atoms with Crippen molar-refractivity contribution < 1.29 is 38.6 Å². The van der Waals surface area contributed by atoms with Crippen molar-refractivity contribution >= 4 is 69.2 Å². The van der Waals surface area contributed by atoms with Crippen LogP contribution in [0.1, 0.15) is 22.3 Å². The number of ether oxygens (including phenoxy) is 3. The smallest absolute Gasteiger partial charge is 0.316 e. The van der Waals surface area contributed by atoms with E-state index in [0.717, 1.165) is 0 Å². The van der Waals surface area contributed by atoms with Crippen LogP contribution in [-0.2, 0) is 24.8 Å². The van der Waals surface area contributed by atoms with Crippen LogP contribution >= 0.6 is 34.9 Å². The number of amides is 1. The van der Waals surface area contributed by atoms with Crippen LogP contribution in [0.25, 0.3) is 10.8 Å². The first-order chi connectivity index (χ1) is 20.7. The summed E-state index contributed by atoms with van der Waals surface area (Å²) in [5.41, 5.74) is 0.200. The lowest BCUT2D eigenvalue weighted by Crippen LogP contribution is -2.26. The van der Waals surface area contributed by atoms with Crippen molar-refractivity contribution in [1.29, 1.82) is 0 Å². The second-order valence-electron chi connectivity index (χ2n) is 8.55. The highest BCUT2D eigenvalue weighted by Gasteiger charge is 2.22. The monoisotopic (exact) mass is 644 g/mol. The molecule has 224 valence electrons. The molecule has 0 fully saturated rings. The standard InChI is InChI=1S/C27H24N4O9S3/c1-38-22(32)9-10-28-25(35)18-12-21(16-5-3-4-6-17(16)24(18)34)40-20-8-7-15(11-19(20)31(36)37)13-41-26-29-30-27(43-26)42-14-23(33)39-2/h3-8,11-12,34H,9-10,13-14H2,1-2H3,(H,28,35). The van der Waals surface area contributed by atoms with Crippen LogP contribution in [0, 0.1) is 10.1 Å². The van der Waals surface area contributed by atoms with Crippen molar-refractivity contribution in [3.8, 4) is 17.2 Å². The molecule has 0 unspecified atom stereocenters. The summed E-state index contributed by atoms with van der Waals surface area (Å²) >= 11 is 3.83. The maximum atomic E-state index is 12.9. The molecule has 2 N–H and O–H groups in total. The lowest BCUT2D eigenvalue weighted by atomic mass is 10.0. The van der Waals surface area contributed by atoms with Gasteiger partial charge < -0.3 is 24.6 Å². The van der Waals surface area contributed by atoms with Crippen LogP contribution < -0.4 is 10.1 Å². The fraction of sp³-hybridized carbons (Fsp3) is 0.222. The summed E-state index contributed by atoms with van der Waals surface area (Å²) in [5.74, 6) is -1.34. The Kier molecular flexibility index (Phi) is 10.7. The number of aromatic hydroxyl groups is 1. The molecular formula is C27H24N4O9S3. The number of benzene rings is 3. The summed E-state index contributed by atoms with van der Waals surface area (Å²) in [6.07, 6.45) is -0.0641. The normalized spacial score (nSPS) is 10.7. The first kappa shape index (κ1) is 31.5. The quantitative estimate of drug-likeness (QED) is 0.0865. The second kappa shape index (κ2) is 14.7. The lowest BCUT2D eigenvalue weighted by Gasteiger charge is -2.14. The van der Waals surface area contributed by atoms with Gasteiger partial charge in [-0.1, -0.05) is 65.2 Å². The molecule has 1 amide bonds. The zero-order chi connectivity index (χ0) is 30.9. The molecule has 16 heteroatoms. The number of nitro groups is 1. The third-order valence-corrected chi connectivity index (χ3v) is 9.03. The molecule has 4 aromatic rings. The van der Waals surface area contributed by atoms with E-state index in [1.165, 1.54) is 67.3 Å². The molecule has 0 aliphatic rings. The number of carbonyl (C=O) groups is 3. The Morgan fingerprint density at radius 1 is 0.977 bits per heavy atom. The van der Waals surface area contributed by atoms with Crippen molar-refractivity contribution in [2.24, 2.45) is 0 Å². The summed E-state index contributed by atoms with van der Waals surface area (Å²) in [6, 6.07) is 12.4. The molecule has 1 heterocycles. The average molecular weight is 645 g/mol. The van der Waals surface area contributed by atoms with Crippen LogP contribution in [-0.4, -0.2) is 64.6 Å². The van der Waals surface area contributed by atoms with Gasteiger partial charge in [0.1, 0.15) is 11.5 Å². The lowest BCUT2D eigenvalue weighted by molar-refractivity contribution is -0.385. The Labute approximate surface area is 257 Å². The molecule has 0 radical (unpaired) electrons. The summed E-state index contributed by atoms with van der Waals surface area (Å²) in [5, 5.41) is 34.2. The van der Waals surface area contributed by atoms with Gasteiger partial charge >= 0.3 is 17.6 Å². The van der Waals surface area contributed by atoms with Crippen LogP contribution in [0.2, 0.25) is 0 Å². The van der Waals surface area contributed by atoms with E-state index in [4.69, 9.17) is 4.74 Å². The number of nitrogens with one attached hydrogen (secondary N) is 1. The topological polar surface area (TPSA) is 180 Å². The third-order valence-electron chi connectivity index (χ3n) is 5.80. The van der Waals surface area contributed by atoms with E-state index in [2.05, 4.69) is 25.0 Å². The minimum absolute atomic E-state index is 0.0242. The largest absolute Gasteiger partial charge is 0.506 e. The minimum Gasteiger partial charge on any atom is -0.506 e. The van der Waals surface area contributed by atoms with E-state index < -0.39 is 16.8 Å². The number of thioether (sulfide) groups is 2. The van der Waals surface area contributed by atoms with Gasteiger partial charge in [0, 0.05) is 29.1 Å². The zero-order valence-electron chi connectivity index (χ0n) is 22.7. The SMILES string of the molecule is COC(=O)CCNC(=O)c1cc(Oc2ccc(CSc3nnc(SCC(=O)OC)s3)cc2[N+](=O)[O-])c2ccccc2c1O. The number of phenolic OH excluding ortho intramolecular Hbond substituents is 1. The van der Waals surface area contributed by atoms with Gasteiger partial charge in [0.15, 0.2) is 8.68 Å². The Morgan fingerprint density at radius 3 is 2.37 bits per heavy atom. The number of carbonyl (C=O) groups excluding carboxylic acids is 3. The number of nitro benzene ring substituents is 1. The molecule has 0 saturated carbocycles. The molecule has 0 bridgehead atoms. The number of nitrogens with zero attached hydrogens (tertiary/aromatic N) is 3. The Balaban J connectivity index is 1.54. The average Bonchev–Trinajstić information content (AvgIpc) is 3.48. The highest BCUT2D eigenvalue weighted by Crippen LogP contribution is 2.41. The predicted molar refractivity (Wildman–Crippen MR) is 160 cm³/mol. The van der Waals surface area contributed by atoms with Crippen LogP contribution in [0.3, 0.4) is 0 Å². The first-order valence-corrected chi connectivity index (χ1v) is 15.2. The van der Waals surface area contributed by atoms with Gasteiger partial charge in [0.25, 0.3) is 5.91 Å². The van der Waals surface area contributed by atoms with Crippen molar-refractivity contribution in [1.82, 2.24) is 15.5 Å². The molecule has 0 aliphatic heterocycles. The highest BCUT2D eigenvalue weighted by molar-refractivity contribution is 8.03. The van der Waals surface area contributed by atoms with E-state index >= 15 is 0 Å². The fourth-order valence-corrected chi connectivity index (χ4v) is 6.49. The van der Waals surface area contributed by atoms with Gasteiger partial charge in [-0.05, 0) is 17.7 Å². The molecule has 3 aromatic carbocycles. The van der Waals surface area contributed by atoms with Gasteiger partial charge in [-0.15, -0.1) is 10.2 Å². The third kappa shape index (κ3) is 8.12. The molecule has 0 atom stereocenters. The second-order valence-corrected chi connectivity index (χ2v) is 12.0. The Morgan fingerprint density at radius 2 is 1.67 bits per heavy atom. The van der Waals surface area contributed by atoms with E-state index in [1.54, 1.807) is 30.3 Å². The van der Waals surface area contributed by atoms with Gasteiger partial charge in [0.2, 0.25) is 5.75 Å². The van der Waals surface area contributed by atoms with E-state index in [1.807, 2.05) is 0 Å². The summed E-state index contributed by atoms with van der Waals surface area (Å²) < 4.78 is 16.4. The van der Waals surface area contributed by atoms with E-state index in [9.17, 15) is 29.6 Å². The molecule has 43 heavy (non-hydrogen) atoms. The number of rotatable bonds is 13. The fourth-order valence-electron chi connectivity index (χ4n) is 3.70. The summed E-state index contributed by atoms with van der Waals surface area (Å²) in [6.45, 7) is -0.0242. The van der Waals surface area contributed by atoms with Gasteiger partial charge in [0.05, 0.1) is 36.9 Å². The zero-order valence-corrected chi connectivity index (χ0v) is 25.2. The van der Waals surface area contributed by atoms with Gasteiger partial charge in [-0.2, -0.15) is 0 Å². The number of hydrogen-bond acceptors (Lipinski definition) is 14. The van der Waals surface area contributed by atoms with Crippen LogP contribution in [0.4, 0.5) is 5.69 Å². The Hall–Kier alpha value is -4.41. The number of fused-ring (bicyclic) bond motifs is 1. The summed E-state index contributed by atoms with van der Waals surface area (Å²) in [4.78, 5) is 47.0. The van der Waals surface area contributed by atoms with E-state index in [-0.39, 0.29) is 53.2 Å². The van der Waals surface area contributed by atoms with Crippen molar-refractivity contribution in [3.63, 3.8) is 0 Å². The number of methoxy groups -OCH3 is 2. The van der Waals surface area contributed by atoms with Crippen molar-refractivity contribution in [2.45, 2.75) is 20.9 Å². The molecule has 0 spiro atoms. The summed E-state index contributed by atoms with van der Waals surface area (Å²) in [7, 11) is 2.54. The molecular weight excluding hydrogens is 621 g/mol. The minimum atomic E-state index is -0.664. The van der Waals surface area contributed by atoms with Crippen LogP contribution in [0.5, 0.6) is 17.2 Å². The Bertz CT molecular complexity index is 1680. The van der Waals surface area contributed by atoms with Crippen LogP contribution in [0.15, 0.2) is 57.2 Å². The first-order valence-electron chi connectivity index (χ1n) is 12.4. The maximum Gasteiger partial charge on any atom is 0.316 e. The molecule has 1 aromatic heterocycles.